The Morgan fingerprint density at radius 1 is 1.00 bits per heavy atom. The number of Topliss-reactive ketones (excluding diaryl/α,β-unsaturated/α-hetero) is 1. The van der Waals surface area contributed by atoms with Gasteiger partial charge in [0.05, 0.1) is 24.8 Å². The third kappa shape index (κ3) is 3.91. The van der Waals surface area contributed by atoms with Gasteiger partial charge in [0.15, 0.2) is 6.29 Å². The minimum atomic E-state index is -1.14. The fraction of sp³-hybridized carbons (Fsp3) is 0.190. The van der Waals surface area contributed by atoms with E-state index in [2.05, 4.69) is 0 Å². The van der Waals surface area contributed by atoms with Crippen LogP contribution in [0.3, 0.4) is 0 Å². The van der Waals surface area contributed by atoms with Gasteiger partial charge in [-0.1, -0.05) is 12.1 Å². The highest BCUT2D eigenvalue weighted by Crippen LogP contribution is 2.26. The number of amides is 2. The van der Waals surface area contributed by atoms with Crippen molar-refractivity contribution in [3.8, 4) is 5.75 Å². The van der Waals surface area contributed by atoms with Crippen LogP contribution in [-0.4, -0.2) is 54.5 Å². The fourth-order valence-corrected chi connectivity index (χ4v) is 3.05. The number of imide groups is 1. The molecule has 0 fully saturated rings. The molecule has 0 saturated carbocycles. The zero-order valence-electron chi connectivity index (χ0n) is 15.5. The molecule has 0 aliphatic carbocycles. The second kappa shape index (κ2) is 8.47. The first kappa shape index (κ1) is 19.9. The number of carbonyl (C=O) groups is 5. The Morgan fingerprint density at radius 2 is 1.59 bits per heavy atom. The van der Waals surface area contributed by atoms with Gasteiger partial charge in [0.2, 0.25) is 5.78 Å². The number of nitrogens with zero attached hydrogens (tertiary/aromatic N) is 1. The van der Waals surface area contributed by atoms with Crippen molar-refractivity contribution in [3.63, 3.8) is 0 Å². The topological polar surface area (TPSA) is 107 Å². The third-order valence-corrected chi connectivity index (χ3v) is 4.52. The lowest BCUT2D eigenvalue weighted by molar-refractivity contribution is -0.145. The minimum absolute atomic E-state index is 0.00808. The predicted octanol–water partition coefficient (Wildman–Crippen LogP) is 1.67. The lowest BCUT2D eigenvalue weighted by Crippen LogP contribution is -2.46. The molecule has 0 aromatic heterocycles. The number of ketones is 1. The molecule has 3 rings (SSSR count). The van der Waals surface area contributed by atoms with Gasteiger partial charge >= 0.3 is 5.97 Å². The summed E-state index contributed by atoms with van der Waals surface area (Å²) in [5, 5.41) is 0. The van der Waals surface area contributed by atoms with Crippen LogP contribution >= 0.6 is 0 Å². The largest absolute Gasteiger partial charge is 0.494 e. The molecule has 1 unspecified atom stereocenters. The van der Waals surface area contributed by atoms with Crippen LogP contribution in [0.1, 0.15) is 37.5 Å². The highest BCUT2D eigenvalue weighted by molar-refractivity contribution is 6.33. The first-order chi connectivity index (χ1) is 14.0. The van der Waals surface area contributed by atoms with E-state index in [0.717, 1.165) is 4.90 Å². The SMILES string of the molecule is COC(=O)C(CCOc1ccc(C(=O)C=O)cc1)N1C(=O)c2ccccc2C1=O. The molecule has 1 aliphatic rings. The number of fused-ring (bicyclic) bond motifs is 1. The summed E-state index contributed by atoms with van der Waals surface area (Å²) in [5.74, 6) is -2.09. The van der Waals surface area contributed by atoms with Crippen LogP contribution in [-0.2, 0) is 14.3 Å². The van der Waals surface area contributed by atoms with Gasteiger partial charge in [0, 0.05) is 12.0 Å². The summed E-state index contributed by atoms with van der Waals surface area (Å²) in [4.78, 5) is 60.2. The van der Waals surface area contributed by atoms with E-state index in [1.807, 2.05) is 0 Å². The lowest BCUT2D eigenvalue weighted by Gasteiger charge is -2.24. The Kier molecular flexibility index (Phi) is 5.82. The maximum absolute atomic E-state index is 12.6. The molecule has 8 heteroatoms. The zero-order chi connectivity index (χ0) is 21.0. The van der Waals surface area contributed by atoms with Gasteiger partial charge in [-0.25, -0.2) is 4.79 Å². The van der Waals surface area contributed by atoms with Crippen LogP contribution in [0.2, 0.25) is 0 Å². The van der Waals surface area contributed by atoms with Crippen molar-refractivity contribution in [2.24, 2.45) is 0 Å². The average Bonchev–Trinajstić information content (AvgIpc) is 3.01. The summed E-state index contributed by atoms with van der Waals surface area (Å²) in [7, 11) is 1.18. The van der Waals surface area contributed by atoms with Gasteiger partial charge in [-0.05, 0) is 36.4 Å². The summed E-state index contributed by atoms with van der Waals surface area (Å²) in [6.07, 6.45) is 0.242. The molecule has 1 aliphatic heterocycles. The van der Waals surface area contributed by atoms with Gasteiger partial charge < -0.3 is 9.47 Å². The highest BCUT2D eigenvalue weighted by atomic mass is 16.5. The monoisotopic (exact) mass is 395 g/mol. The summed E-state index contributed by atoms with van der Waals surface area (Å²) >= 11 is 0. The highest BCUT2D eigenvalue weighted by Gasteiger charge is 2.43. The molecule has 0 bridgehead atoms. The van der Waals surface area contributed by atoms with Gasteiger partial charge in [0.1, 0.15) is 11.8 Å². The molecule has 0 radical (unpaired) electrons. The van der Waals surface area contributed by atoms with Crippen molar-refractivity contribution in [1.29, 1.82) is 0 Å². The molecule has 0 spiro atoms. The second-order valence-electron chi connectivity index (χ2n) is 6.21. The van der Waals surface area contributed by atoms with Gasteiger partial charge in [-0.15, -0.1) is 0 Å². The molecule has 0 N–H and O–H groups in total. The van der Waals surface area contributed by atoms with Crippen LogP contribution in [0.25, 0.3) is 0 Å². The van der Waals surface area contributed by atoms with Crippen LogP contribution in [0, 0.1) is 0 Å². The quantitative estimate of drug-likeness (QED) is 0.220. The Labute approximate surface area is 166 Å². The summed E-state index contributed by atoms with van der Waals surface area (Å²) < 4.78 is 10.3. The number of carbonyl (C=O) groups excluding carboxylic acids is 5. The number of hydrogen-bond donors (Lipinski definition) is 0. The Morgan fingerprint density at radius 3 is 2.10 bits per heavy atom. The summed E-state index contributed by atoms with van der Waals surface area (Å²) in [5.41, 5.74) is 0.705. The molecule has 0 saturated heterocycles. The minimum Gasteiger partial charge on any atom is -0.494 e. The van der Waals surface area contributed by atoms with Gasteiger partial charge in [0.25, 0.3) is 11.8 Å². The molecular weight excluding hydrogens is 378 g/mol. The number of hydrogen-bond acceptors (Lipinski definition) is 7. The number of esters is 1. The summed E-state index contributed by atoms with van der Waals surface area (Å²) in [6.45, 7) is 0.00808. The van der Waals surface area contributed by atoms with E-state index in [9.17, 15) is 24.0 Å². The standard InChI is InChI=1S/C21H17NO7/c1-28-21(27)17(22-19(25)15-4-2-3-5-16(15)20(22)26)10-11-29-14-8-6-13(7-9-14)18(24)12-23/h2-9,12,17H,10-11H2,1H3. The molecule has 2 aromatic carbocycles. The van der Waals surface area contributed by atoms with Gasteiger partial charge in [-0.2, -0.15) is 0 Å². The van der Waals surface area contributed by atoms with Crippen molar-refractivity contribution < 1.29 is 33.4 Å². The number of ether oxygens (including phenoxy) is 2. The molecule has 2 aromatic rings. The van der Waals surface area contributed by atoms with E-state index in [0.29, 0.717) is 5.75 Å². The Hall–Kier alpha value is -3.81. The van der Waals surface area contributed by atoms with E-state index in [4.69, 9.17) is 9.47 Å². The van der Waals surface area contributed by atoms with E-state index < -0.39 is 29.6 Å². The lowest BCUT2D eigenvalue weighted by atomic mass is 10.1. The molecule has 29 heavy (non-hydrogen) atoms. The first-order valence-electron chi connectivity index (χ1n) is 8.75. The van der Waals surface area contributed by atoms with Crippen LogP contribution in [0.4, 0.5) is 0 Å². The Bertz CT molecular complexity index is 946. The third-order valence-electron chi connectivity index (χ3n) is 4.52. The normalized spacial score (nSPS) is 13.6. The van der Waals surface area contributed by atoms with E-state index in [1.165, 1.54) is 43.5 Å². The number of aldehydes is 1. The number of methoxy groups -OCH3 is 1. The average molecular weight is 395 g/mol. The molecule has 2 amide bonds. The molecule has 148 valence electrons. The summed E-state index contributed by atoms with van der Waals surface area (Å²) in [6, 6.07) is 11.1. The van der Waals surface area contributed by atoms with Crippen molar-refractivity contribution in [2.75, 3.05) is 13.7 Å². The van der Waals surface area contributed by atoms with E-state index in [1.54, 1.807) is 12.1 Å². The van der Waals surface area contributed by atoms with Crippen LogP contribution in [0.5, 0.6) is 5.75 Å². The maximum atomic E-state index is 12.6. The van der Waals surface area contributed by atoms with Crippen LogP contribution in [0.15, 0.2) is 48.5 Å². The fourth-order valence-electron chi connectivity index (χ4n) is 3.05. The Balaban J connectivity index is 1.70. The van der Waals surface area contributed by atoms with Gasteiger partial charge in [-0.3, -0.25) is 24.1 Å². The molecular formula is C21H17NO7. The van der Waals surface area contributed by atoms with Crippen molar-refractivity contribution in [1.82, 2.24) is 4.90 Å². The molecule has 1 atom stereocenters. The predicted molar refractivity (Wildman–Crippen MR) is 99.7 cm³/mol. The first-order valence-corrected chi connectivity index (χ1v) is 8.75. The number of benzene rings is 2. The van der Waals surface area contributed by atoms with Crippen molar-refractivity contribution in [3.05, 3.63) is 65.2 Å². The zero-order valence-corrected chi connectivity index (χ0v) is 15.5. The van der Waals surface area contributed by atoms with Crippen LogP contribution < -0.4 is 4.74 Å². The number of rotatable bonds is 8. The van der Waals surface area contributed by atoms with E-state index in [-0.39, 0.29) is 36.0 Å². The van der Waals surface area contributed by atoms with E-state index >= 15 is 0 Å². The van der Waals surface area contributed by atoms with Crippen molar-refractivity contribution in [2.45, 2.75) is 12.5 Å². The molecule has 8 nitrogen and oxygen atoms in total. The second-order valence-corrected chi connectivity index (χ2v) is 6.21. The van der Waals surface area contributed by atoms with Crippen molar-refractivity contribution >= 4 is 29.9 Å². The smallest absolute Gasteiger partial charge is 0.329 e. The maximum Gasteiger partial charge on any atom is 0.329 e. The molecule has 1 heterocycles.